The van der Waals surface area contributed by atoms with Crippen LogP contribution in [0.15, 0.2) is 0 Å². The Labute approximate surface area is 185 Å². The van der Waals surface area contributed by atoms with Crippen LogP contribution in [0.1, 0.15) is 6.92 Å². The average molecular weight is 586 g/mol. The van der Waals surface area contributed by atoms with Gasteiger partial charge in [-0.05, 0) is 6.92 Å². The summed E-state index contributed by atoms with van der Waals surface area (Å²) in [5.74, 6) is -50.5. The highest BCUT2D eigenvalue weighted by atomic mass is 28.4. The van der Waals surface area contributed by atoms with Gasteiger partial charge in [-0.3, -0.25) is 0 Å². The summed E-state index contributed by atoms with van der Waals surface area (Å²) >= 11 is 0. The second-order valence-corrected chi connectivity index (χ2v) is 8.97. The Morgan fingerprint density at radius 1 is 0.486 bits per heavy atom. The third-order valence-electron chi connectivity index (χ3n) is 3.91. The van der Waals surface area contributed by atoms with Crippen LogP contribution in [0.4, 0.5) is 74.6 Å². The first-order valence-corrected chi connectivity index (χ1v) is 9.80. The lowest BCUT2D eigenvalue weighted by Crippen LogP contribution is -2.78. The van der Waals surface area contributed by atoms with E-state index in [1.807, 2.05) is 0 Å². The third kappa shape index (κ3) is 4.91. The predicted octanol–water partition coefficient (Wildman–Crippen LogP) is 5.41. The topological polar surface area (TPSA) is 47.9 Å². The lowest BCUT2D eigenvalue weighted by molar-refractivity contribution is -0.459. The average Bonchev–Trinajstić information content (AvgIpc) is 2.68. The van der Waals surface area contributed by atoms with Crippen molar-refractivity contribution < 1.29 is 93.0 Å². The van der Waals surface area contributed by atoms with Gasteiger partial charge in [-0.1, -0.05) is 0 Å². The molecule has 1 N–H and O–H groups in total. The largest absolute Gasteiger partial charge is 0.581 e. The normalized spacial score (nSPS) is 15.6. The van der Waals surface area contributed by atoms with Crippen molar-refractivity contribution in [3.8, 4) is 0 Å². The molecule has 0 aliphatic carbocycles. The Hall–Kier alpha value is -1.13. The fraction of sp³-hybridized carbons (Fsp3) is 1.00. The van der Waals surface area contributed by atoms with Crippen LogP contribution in [-0.4, -0.2) is 89.1 Å². The minimum absolute atomic E-state index is 0.00780. The van der Waals surface area contributed by atoms with E-state index in [0.717, 1.165) is 0 Å². The molecule has 35 heavy (non-hydrogen) atoms. The molecule has 0 atom stereocenters. The molecule has 0 spiro atoms. The maximum Gasteiger partial charge on any atom is 0.581 e. The highest BCUT2D eigenvalue weighted by Gasteiger charge is 2.97. The summed E-state index contributed by atoms with van der Waals surface area (Å²) in [4.78, 5) is 0. The summed E-state index contributed by atoms with van der Waals surface area (Å²) in [6.45, 7) is 1.93. The van der Waals surface area contributed by atoms with Gasteiger partial charge in [0, 0.05) is 27.9 Å². The fourth-order valence-corrected chi connectivity index (χ4v) is 3.80. The van der Waals surface area contributed by atoms with Crippen molar-refractivity contribution in [1.82, 2.24) is 0 Å². The van der Waals surface area contributed by atoms with Crippen molar-refractivity contribution in [1.29, 1.82) is 0 Å². The van der Waals surface area contributed by atoms with Gasteiger partial charge < -0.3 is 18.4 Å². The van der Waals surface area contributed by atoms with Gasteiger partial charge in [0.2, 0.25) is 0 Å². The lowest BCUT2D eigenvalue weighted by atomic mass is 9.91. The van der Waals surface area contributed by atoms with Gasteiger partial charge in [0.25, 0.3) is 0 Å². The first-order chi connectivity index (χ1) is 15.1. The molecule has 0 saturated heterocycles. The Bertz CT molecular complexity index is 646. The summed E-state index contributed by atoms with van der Waals surface area (Å²) in [5.41, 5.74) is -6.87. The van der Waals surface area contributed by atoms with Crippen LogP contribution < -0.4 is 0 Å². The van der Waals surface area contributed by atoms with E-state index in [4.69, 9.17) is 5.11 Å². The molecule has 0 aromatic heterocycles. The van der Waals surface area contributed by atoms with Crippen molar-refractivity contribution in [3.05, 3.63) is 0 Å². The first-order valence-electron chi connectivity index (χ1n) is 8.07. The quantitative estimate of drug-likeness (QED) is 0.275. The van der Waals surface area contributed by atoms with E-state index in [1.165, 1.54) is 0 Å². The smallest absolute Gasteiger partial charge is 0.397 e. The first kappa shape index (κ1) is 36.0. The summed E-state index contributed by atoms with van der Waals surface area (Å²) in [6, 6.07) is 0. The van der Waals surface area contributed by atoms with Crippen LogP contribution in [0.25, 0.3) is 0 Å². The fourth-order valence-electron chi connectivity index (χ4n) is 1.99. The third-order valence-corrected chi connectivity index (χ3v) is 6.61. The molecule has 0 aliphatic rings. The maximum atomic E-state index is 14.0. The number of hydrogen-bond acceptors (Lipinski definition) is 4. The summed E-state index contributed by atoms with van der Waals surface area (Å²) < 4.78 is 235. The minimum atomic E-state index is -8.69. The summed E-state index contributed by atoms with van der Waals surface area (Å²) in [7, 11) is -6.62. The van der Waals surface area contributed by atoms with Gasteiger partial charge in [-0.2, -0.15) is 74.6 Å². The van der Waals surface area contributed by atoms with Crippen molar-refractivity contribution in [2.45, 2.75) is 54.2 Å². The molecule has 22 heteroatoms. The molecule has 214 valence electrons. The molecule has 0 rings (SSSR count). The van der Waals surface area contributed by atoms with Crippen molar-refractivity contribution in [2.24, 2.45) is 0 Å². The van der Waals surface area contributed by atoms with Crippen LogP contribution in [0, 0.1) is 0 Å². The Kier molecular flexibility index (Phi) is 10.6. The second-order valence-electron chi connectivity index (χ2n) is 6.00. The molecular formula is C13H15F17O4Si. The molecule has 0 unspecified atom stereocenters. The van der Waals surface area contributed by atoms with Gasteiger partial charge in [-0.15, -0.1) is 0 Å². The number of rotatable bonds is 10. The van der Waals surface area contributed by atoms with Gasteiger partial charge >= 0.3 is 56.1 Å². The van der Waals surface area contributed by atoms with E-state index in [2.05, 4.69) is 13.3 Å². The van der Waals surface area contributed by atoms with Gasteiger partial charge in [0.1, 0.15) is 0 Å². The molecule has 0 aromatic rings. The monoisotopic (exact) mass is 586 g/mol. The Balaban J connectivity index is 0. The molecule has 0 aliphatic heterocycles. The number of alkyl halides is 17. The second kappa shape index (κ2) is 10.3. The molecule has 0 heterocycles. The molecular weight excluding hydrogens is 571 g/mol. The highest BCUT2D eigenvalue weighted by Crippen LogP contribution is 2.64. The number of hydrogen-bond donors (Lipinski definition) is 1. The SMILES string of the molecule is CCO.CO[Si](OC)(OC)C(F)(F)C(F)(F)C(F)(F)C(F)(F)C(F)(F)C(F)(F)C(F)(F)C(F)(F)F. The van der Waals surface area contributed by atoms with Crippen LogP contribution in [-0.2, 0) is 13.3 Å². The van der Waals surface area contributed by atoms with Crippen LogP contribution in [0.5, 0.6) is 0 Å². The van der Waals surface area contributed by atoms with Gasteiger partial charge in [-0.25, -0.2) is 0 Å². The molecule has 0 bridgehead atoms. The predicted molar refractivity (Wildman–Crippen MR) is 80.2 cm³/mol. The van der Waals surface area contributed by atoms with Crippen LogP contribution in [0.3, 0.4) is 0 Å². The van der Waals surface area contributed by atoms with Crippen molar-refractivity contribution in [2.75, 3.05) is 27.9 Å². The van der Waals surface area contributed by atoms with Gasteiger partial charge in [0.15, 0.2) is 0 Å². The zero-order valence-electron chi connectivity index (χ0n) is 17.3. The zero-order valence-corrected chi connectivity index (χ0v) is 18.3. The number of halogens is 17. The van der Waals surface area contributed by atoms with Crippen molar-refractivity contribution >= 4 is 8.80 Å². The standard InChI is InChI=1S/C11H9F17O3Si.C2H6O/c1-29-32(30-2,31-3)11(27,28)9(22,23)7(18,19)5(14,15)4(12,13)6(16,17)8(20,21)10(24,25)26;1-2-3/h1-3H3;3H,2H2,1H3. The molecule has 4 nitrogen and oxygen atoms in total. The molecule has 0 aromatic carbocycles. The van der Waals surface area contributed by atoms with E-state index in [0.29, 0.717) is 0 Å². The minimum Gasteiger partial charge on any atom is -0.397 e. The van der Waals surface area contributed by atoms with Gasteiger partial charge in [0.05, 0.1) is 0 Å². The van der Waals surface area contributed by atoms with E-state index in [-0.39, 0.29) is 27.9 Å². The number of aliphatic hydroxyl groups excluding tert-OH is 1. The van der Waals surface area contributed by atoms with Crippen molar-refractivity contribution in [3.63, 3.8) is 0 Å². The molecule has 0 fully saturated rings. The van der Waals surface area contributed by atoms with E-state index < -0.39 is 56.1 Å². The van der Waals surface area contributed by atoms with E-state index in [1.54, 1.807) is 6.92 Å². The molecule has 0 amide bonds. The highest BCUT2D eigenvalue weighted by molar-refractivity contribution is 6.63. The lowest BCUT2D eigenvalue weighted by Gasteiger charge is -2.44. The number of aliphatic hydroxyl groups is 1. The summed E-state index contributed by atoms with van der Waals surface area (Å²) in [6.07, 6.45) is -7.80. The Morgan fingerprint density at radius 3 is 0.886 bits per heavy atom. The zero-order chi connectivity index (χ0) is 29.3. The van der Waals surface area contributed by atoms with Crippen LogP contribution in [0.2, 0.25) is 0 Å². The van der Waals surface area contributed by atoms with E-state index in [9.17, 15) is 74.6 Å². The van der Waals surface area contributed by atoms with Crippen LogP contribution >= 0.6 is 0 Å². The van der Waals surface area contributed by atoms with E-state index >= 15 is 0 Å². The Morgan fingerprint density at radius 2 is 0.686 bits per heavy atom. The summed E-state index contributed by atoms with van der Waals surface area (Å²) in [5, 5.41) is 7.57. The molecule has 0 radical (unpaired) electrons. The molecule has 0 saturated carbocycles. The maximum absolute atomic E-state index is 14.0.